The summed E-state index contributed by atoms with van der Waals surface area (Å²) >= 11 is 1.59. The van der Waals surface area contributed by atoms with Crippen molar-refractivity contribution in [1.29, 1.82) is 0 Å². The molecule has 0 aliphatic rings. The maximum atomic E-state index is 12.2. The molecule has 0 bridgehead atoms. The van der Waals surface area contributed by atoms with Crippen molar-refractivity contribution in [2.24, 2.45) is 0 Å². The van der Waals surface area contributed by atoms with E-state index in [2.05, 4.69) is 17.2 Å². The Morgan fingerprint density at radius 2 is 2.27 bits per heavy atom. The van der Waals surface area contributed by atoms with Crippen LogP contribution in [0.5, 0.6) is 5.75 Å². The molecule has 118 valence electrons. The molecule has 1 aromatic heterocycles. The molecule has 0 aliphatic carbocycles. The van der Waals surface area contributed by atoms with Gasteiger partial charge in [-0.05, 0) is 25.5 Å². The fraction of sp³-hybridized carbons (Fsp3) is 0.375. The van der Waals surface area contributed by atoms with Crippen LogP contribution in [-0.2, 0) is 6.54 Å². The number of carbonyl (C=O) groups is 1. The van der Waals surface area contributed by atoms with Crippen molar-refractivity contribution < 1.29 is 9.53 Å². The number of hydrogen-bond acceptors (Lipinski definition) is 4. The number of anilines is 1. The van der Waals surface area contributed by atoms with E-state index >= 15 is 0 Å². The Morgan fingerprint density at radius 3 is 2.95 bits per heavy atom. The molecule has 0 atom stereocenters. The summed E-state index contributed by atoms with van der Waals surface area (Å²) in [5.41, 5.74) is 1.63. The number of aromatic nitrogens is 1. The van der Waals surface area contributed by atoms with Gasteiger partial charge in [0.05, 0.1) is 23.9 Å². The number of carbonyl (C=O) groups excluding carboxylic acids is 1. The minimum Gasteiger partial charge on any atom is -0.494 e. The molecule has 1 aromatic carbocycles. The van der Waals surface area contributed by atoms with Gasteiger partial charge in [0.1, 0.15) is 5.75 Å². The first-order valence-electron chi connectivity index (χ1n) is 7.24. The molecular formula is C16H21N3O2S. The molecule has 1 N–H and O–H groups in total. The highest BCUT2D eigenvalue weighted by Gasteiger charge is 2.11. The quantitative estimate of drug-likeness (QED) is 0.878. The molecule has 0 fully saturated rings. The van der Waals surface area contributed by atoms with Gasteiger partial charge in [0.15, 0.2) is 0 Å². The summed E-state index contributed by atoms with van der Waals surface area (Å²) in [4.78, 5) is 18.2. The molecule has 1 heterocycles. The van der Waals surface area contributed by atoms with Gasteiger partial charge < -0.3 is 15.0 Å². The van der Waals surface area contributed by atoms with Gasteiger partial charge in [-0.15, -0.1) is 11.3 Å². The van der Waals surface area contributed by atoms with E-state index in [1.807, 2.05) is 36.6 Å². The predicted octanol–water partition coefficient (Wildman–Crippen LogP) is 3.90. The second kappa shape index (κ2) is 7.79. The molecule has 0 unspecified atom stereocenters. The van der Waals surface area contributed by atoms with Crippen LogP contribution in [0.15, 0.2) is 29.6 Å². The van der Waals surface area contributed by atoms with E-state index in [1.54, 1.807) is 23.3 Å². The smallest absolute Gasteiger partial charge is 0.321 e. The third-order valence-corrected chi connectivity index (χ3v) is 3.79. The molecule has 0 saturated heterocycles. The predicted molar refractivity (Wildman–Crippen MR) is 89.6 cm³/mol. The van der Waals surface area contributed by atoms with E-state index in [4.69, 9.17) is 4.74 Å². The van der Waals surface area contributed by atoms with Crippen LogP contribution in [0.2, 0.25) is 0 Å². The van der Waals surface area contributed by atoms with Crippen LogP contribution in [-0.4, -0.2) is 29.6 Å². The van der Waals surface area contributed by atoms with E-state index in [0.717, 1.165) is 28.6 Å². The maximum Gasteiger partial charge on any atom is 0.321 e. The summed E-state index contributed by atoms with van der Waals surface area (Å²) < 4.78 is 5.56. The Kier molecular flexibility index (Phi) is 5.77. The van der Waals surface area contributed by atoms with Gasteiger partial charge in [-0.3, -0.25) is 0 Å². The van der Waals surface area contributed by atoms with Gasteiger partial charge in [-0.2, -0.15) is 0 Å². The lowest BCUT2D eigenvalue weighted by molar-refractivity contribution is 0.220. The van der Waals surface area contributed by atoms with Crippen molar-refractivity contribution in [3.63, 3.8) is 0 Å². The zero-order chi connectivity index (χ0) is 15.9. The van der Waals surface area contributed by atoms with Crippen molar-refractivity contribution in [3.8, 4) is 5.75 Å². The second-order valence-electron chi connectivity index (χ2n) is 5.02. The number of amides is 2. The van der Waals surface area contributed by atoms with E-state index in [0.29, 0.717) is 13.2 Å². The fourth-order valence-electron chi connectivity index (χ4n) is 1.90. The molecule has 0 radical (unpaired) electrons. The molecule has 6 heteroatoms. The van der Waals surface area contributed by atoms with Gasteiger partial charge >= 0.3 is 6.03 Å². The van der Waals surface area contributed by atoms with Crippen molar-refractivity contribution >= 4 is 23.1 Å². The summed E-state index contributed by atoms with van der Waals surface area (Å²) in [7, 11) is 1.75. The number of thiazole rings is 1. The molecule has 2 amide bonds. The molecule has 22 heavy (non-hydrogen) atoms. The summed E-state index contributed by atoms with van der Waals surface area (Å²) in [6.45, 7) is 5.17. The van der Waals surface area contributed by atoms with Crippen LogP contribution in [0.3, 0.4) is 0 Å². The highest BCUT2D eigenvalue weighted by Crippen LogP contribution is 2.18. The van der Waals surface area contributed by atoms with E-state index in [-0.39, 0.29) is 6.03 Å². The first-order valence-corrected chi connectivity index (χ1v) is 8.12. The number of benzene rings is 1. The molecule has 0 saturated carbocycles. The minimum atomic E-state index is -0.168. The summed E-state index contributed by atoms with van der Waals surface area (Å²) in [5.74, 6) is 0.762. The number of aryl methyl sites for hydroxylation is 1. The SMILES string of the molecule is CCCOc1cccc(NC(=O)N(C)Cc2csc(C)n2)c1. The van der Waals surface area contributed by atoms with Crippen LogP contribution in [0.4, 0.5) is 10.5 Å². The highest BCUT2D eigenvalue weighted by atomic mass is 32.1. The summed E-state index contributed by atoms with van der Waals surface area (Å²) in [5, 5.41) is 5.84. The zero-order valence-corrected chi connectivity index (χ0v) is 13.9. The van der Waals surface area contributed by atoms with Crippen LogP contribution < -0.4 is 10.1 Å². The first-order chi connectivity index (χ1) is 10.6. The van der Waals surface area contributed by atoms with Gasteiger partial charge in [0.2, 0.25) is 0 Å². The van der Waals surface area contributed by atoms with Crippen molar-refractivity contribution in [2.45, 2.75) is 26.8 Å². The van der Waals surface area contributed by atoms with Gasteiger partial charge in [-0.25, -0.2) is 9.78 Å². The third kappa shape index (κ3) is 4.73. The summed E-state index contributed by atoms with van der Waals surface area (Å²) in [6.07, 6.45) is 0.951. The monoisotopic (exact) mass is 319 g/mol. The van der Waals surface area contributed by atoms with Crippen LogP contribution >= 0.6 is 11.3 Å². The fourth-order valence-corrected chi connectivity index (χ4v) is 2.50. The highest BCUT2D eigenvalue weighted by molar-refractivity contribution is 7.09. The van der Waals surface area contributed by atoms with Gasteiger partial charge in [0, 0.05) is 24.2 Å². The standard InChI is InChI=1S/C16H21N3O2S/c1-4-8-21-15-7-5-6-13(9-15)18-16(20)19(3)10-14-11-22-12(2)17-14/h5-7,9,11H,4,8,10H2,1-3H3,(H,18,20). The Morgan fingerprint density at radius 1 is 1.45 bits per heavy atom. The zero-order valence-electron chi connectivity index (χ0n) is 13.1. The second-order valence-corrected chi connectivity index (χ2v) is 6.08. The molecule has 0 aliphatic heterocycles. The lowest BCUT2D eigenvalue weighted by atomic mass is 10.3. The average Bonchev–Trinajstić information content (AvgIpc) is 2.90. The largest absolute Gasteiger partial charge is 0.494 e. The first kappa shape index (κ1) is 16.3. The average molecular weight is 319 g/mol. The minimum absolute atomic E-state index is 0.168. The van der Waals surface area contributed by atoms with Gasteiger partial charge in [-0.1, -0.05) is 13.0 Å². The molecule has 2 rings (SSSR count). The number of ether oxygens (including phenoxy) is 1. The Bertz CT molecular complexity index is 627. The lowest BCUT2D eigenvalue weighted by Gasteiger charge is -2.17. The van der Waals surface area contributed by atoms with Crippen molar-refractivity contribution in [3.05, 3.63) is 40.3 Å². The normalized spacial score (nSPS) is 10.3. The number of hydrogen-bond donors (Lipinski definition) is 1. The number of nitrogens with one attached hydrogen (secondary N) is 1. The Labute approximate surface area is 134 Å². The molecular weight excluding hydrogens is 298 g/mol. The Hall–Kier alpha value is -2.08. The number of nitrogens with zero attached hydrogens (tertiary/aromatic N) is 2. The van der Waals surface area contributed by atoms with E-state index in [9.17, 15) is 4.79 Å². The van der Waals surface area contributed by atoms with Crippen molar-refractivity contribution in [2.75, 3.05) is 19.0 Å². The maximum absolute atomic E-state index is 12.2. The topological polar surface area (TPSA) is 54.5 Å². The third-order valence-electron chi connectivity index (χ3n) is 2.97. The number of urea groups is 1. The molecule has 0 spiro atoms. The Balaban J connectivity index is 1.93. The van der Waals surface area contributed by atoms with E-state index in [1.165, 1.54) is 0 Å². The van der Waals surface area contributed by atoms with Crippen molar-refractivity contribution in [1.82, 2.24) is 9.88 Å². The number of rotatable bonds is 6. The van der Waals surface area contributed by atoms with E-state index < -0.39 is 0 Å². The van der Waals surface area contributed by atoms with Crippen LogP contribution in [0.25, 0.3) is 0 Å². The molecule has 5 nitrogen and oxygen atoms in total. The van der Waals surface area contributed by atoms with Crippen LogP contribution in [0.1, 0.15) is 24.0 Å². The van der Waals surface area contributed by atoms with Crippen LogP contribution in [0, 0.1) is 6.92 Å². The molecule has 2 aromatic rings. The van der Waals surface area contributed by atoms with Gasteiger partial charge in [0.25, 0.3) is 0 Å². The lowest BCUT2D eigenvalue weighted by Crippen LogP contribution is -2.30. The summed E-state index contributed by atoms with van der Waals surface area (Å²) in [6, 6.07) is 7.25.